The fourth-order valence-electron chi connectivity index (χ4n) is 4.94. The highest BCUT2D eigenvalue weighted by Gasteiger charge is 2.31. The zero-order valence-corrected chi connectivity index (χ0v) is 21.0. The Morgan fingerprint density at radius 3 is 2.23 bits per heavy atom. The smallest absolute Gasteiger partial charge is 0.369 e. The minimum absolute atomic E-state index is 0.0528. The van der Waals surface area contributed by atoms with Crippen molar-refractivity contribution in [2.45, 2.75) is 49.2 Å². The number of rotatable bonds is 7. The Bertz CT molecular complexity index is 1080. The summed E-state index contributed by atoms with van der Waals surface area (Å²) in [6, 6.07) is 11.7. The highest BCUT2D eigenvalue weighted by molar-refractivity contribution is 7.89. The van der Waals surface area contributed by atoms with Gasteiger partial charge in [-0.05, 0) is 87.0 Å². The third kappa shape index (κ3) is 7.12. The maximum absolute atomic E-state index is 13.0. The van der Waals surface area contributed by atoms with Crippen molar-refractivity contribution in [3.63, 3.8) is 0 Å². The second kappa shape index (κ2) is 11.1. The number of anilines is 1. The number of hydrogen-bond acceptors (Lipinski definition) is 4. The molecule has 192 valence electrons. The number of alkyl halides is 3. The van der Waals surface area contributed by atoms with Crippen molar-refractivity contribution in [2.75, 3.05) is 37.6 Å². The number of benzene rings is 2. The van der Waals surface area contributed by atoms with Crippen LogP contribution in [0.1, 0.15) is 37.7 Å². The van der Waals surface area contributed by atoms with E-state index >= 15 is 0 Å². The molecule has 1 N–H and O–H groups in total. The minimum Gasteiger partial charge on any atom is -0.369 e. The van der Waals surface area contributed by atoms with Crippen molar-refractivity contribution in [3.05, 3.63) is 59.1 Å². The third-order valence-electron chi connectivity index (χ3n) is 7.06. The molecular formula is C25H31ClF3N3O2S. The maximum atomic E-state index is 13.0. The molecule has 1 saturated carbocycles. The molecule has 5 nitrogen and oxygen atoms in total. The van der Waals surface area contributed by atoms with E-state index < -0.39 is 21.8 Å². The molecule has 0 aromatic heterocycles. The molecule has 1 aliphatic carbocycles. The average Bonchev–Trinajstić information content (AvgIpc) is 2.84. The lowest BCUT2D eigenvalue weighted by atomic mass is 9.84. The van der Waals surface area contributed by atoms with Gasteiger partial charge in [0, 0.05) is 42.9 Å². The Morgan fingerprint density at radius 1 is 0.943 bits per heavy atom. The summed E-state index contributed by atoms with van der Waals surface area (Å²) in [6.45, 7) is 4.03. The second-order valence-corrected chi connectivity index (χ2v) is 11.6. The van der Waals surface area contributed by atoms with Gasteiger partial charge in [0.2, 0.25) is 10.0 Å². The van der Waals surface area contributed by atoms with Crippen LogP contribution in [0.4, 0.5) is 18.9 Å². The number of sulfonamides is 1. The van der Waals surface area contributed by atoms with Gasteiger partial charge >= 0.3 is 6.18 Å². The molecule has 1 saturated heterocycles. The van der Waals surface area contributed by atoms with Gasteiger partial charge in [-0.15, -0.1) is 0 Å². The van der Waals surface area contributed by atoms with E-state index in [2.05, 4.69) is 9.62 Å². The third-order valence-corrected chi connectivity index (χ3v) is 8.85. The summed E-state index contributed by atoms with van der Waals surface area (Å²) in [5.41, 5.74) is 0.0161. The zero-order chi connectivity index (χ0) is 25.1. The number of halogens is 4. The highest BCUT2D eigenvalue weighted by Crippen LogP contribution is 2.32. The molecule has 2 aromatic carbocycles. The molecule has 1 heterocycles. The van der Waals surface area contributed by atoms with E-state index in [9.17, 15) is 21.6 Å². The molecule has 0 unspecified atom stereocenters. The van der Waals surface area contributed by atoms with Crippen molar-refractivity contribution < 1.29 is 21.6 Å². The topological polar surface area (TPSA) is 52.7 Å². The molecule has 2 aromatic rings. The Morgan fingerprint density at radius 2 is 1.60 bits per heavy atom. The van der Waals surface area contributed by atoms with Gasteiger partial charge in [-0.1, -0.05) is 17.7 Å². The molecule has 0 atom stereocenters. The summed E-state index contributed by atoms with van der Waals surface area (Å²) in [4.78, 5) is 4.62. The first-order chi connectivity index (χ1) is 16.6. The van der Waals surface area contributed by atoms with E-state index in [1.807, 2.05) is 4.90 Å². The van der Waals surface area contributed by atoms with Gasteiger partial charge in [-0.25, -0.2) is 13.1 Å². The predicted octanol–water partition coefficient (Wildman–Crippen LogP) is 5.41. The summed E-state index contributed by atoms with van der Waals surface area (Å²) >= 11 is 5.85. The Balaban J connectivity index is 1.18. The highest BCUT2D eigenvalue weighted by atomic mass is 35.5. The summed E-state index contributed by atoms with van der Waals surface area (Å²) < 4.78 is 67.1. The molecule has 35 heavy (non-hydrogen) atoms. The van der Waals surface area contributed by atoms with Crippen LogP contribution in [0.25, 0.3) is 0 Å². The molecule has 0 spiro atoms. The summed E-state index contributed by atoms with van der Waals surface area (Å²) in [7, 11) is -3.55. The van der Waals surface area contributed by atoms with Gasteiger partial charge in [0.15, 0.2) is 0 Å². The molecule has 0 amide bonds. The Labute approximate surface area is 210 Å². The molecule has 1 aliphatic heterocycles. The molecule has 0 bridgehead atoms. The fourth-order valence-corrected chi connectivity index (χ4v) is 6.37. The van der Waals surface area contributed by atoms with E-state index in [-0.39, 0.29) is 10.9 Å². The lowest BCUT2D eigenvalue weighted by Gasteiger charge is -2.37. The van der Waals surface area contributed by atoms with E-state index in [0.717, 1.165) is 57.8 Å². The average molecular weight is 530 g/mol. The SMILES string of the molecule is O=S(=O)(NC1CCC(CCN2CCN(c3cccc(C(F)(F)F)c3)CC2)CC1)c1ccc(Cl)cc1. The van der Waals surface area contributed by atoms with E-state index in [4.69, 9.17) is 11.6 Å². The van der Waals surface area contributed by atoms with Gasteiger partial charge in [-0.2, -0.15) is 13.2 Å². The minimum atomic E-state index is -4.33. The van der Waals surface area contributed by atoms with E-state index in [0.29, 0.717) is 29.7 Å². The quantitative estimate of drug-likeness (QED) is 0.521. The number of piperazine rings is 1. The van der Waals surface area contributed by atoms with Crippen LogP contribution < -0.4 is 9.62 Å². The van der Waals surface area contributed by atoms with Crippen LogP contribution in [0.3, 0.4) is 0 Å². The lowest BCUT2D eigenvalue weighted by Crippen LogP contribution is -2.47. The van der Waals surface area contributed by atoms with Crippen molar-refractivity contribution in [3.8, 4) is 0 Å². The molecule has 10 heteroatoms. The van der Waals surface area contributed by atoms with Gasteiger partial charge in [-0.3, -0.25) is 4.90 Å². The second-order valence-electron chi connectivity index (χ2n) is 9.46. The normalized spacial score (nSPS) is 22.3. The van der Waals surface area contributed by atoms with Crippen LogP contribution in [0.15, 0.2) is 53.4 Å². The van der Waals surface area contributed by atoms with Crippen LogP contribution in [-0.2, 0) is 16.2 Å². The van der Waals surface area contributed by atoms with Gasteiger partial charge < -0.3 is 4.90 Å². The zero-order valence-electron chi connectivity index (χ0n) is 19.5. The van der Waals surface area contributed by atoms with Crippen LogP contribution in [-0.4, -0.2) is 52.1 Å². The monoisotopic (exact) mass is 529 g/mol. The largest absolute Gasteiger partial charge is 0.416 e. The van der Waals surface area contributed by atoms with E-state index in [1.54, 1.807) is 18.2 Å². The summed E-state index contributed by atoms with van der Waals surface area (Å²) in [6.07, 6.45) is 0.338. The van der Waals surface area contributed by atoms with Crippen LogP contribution in [0.2, 0.25) is 5.02 Å². The van der Waals surface area contributed by atoms with Crippen molar-refractivity contribution >= 4 is 27.3 Å². The first-order valence-corrected chi connectivity index (χ1v) is 13.9. The summed E-state index contributed by atoms with van der Waals surface area (Å²) in [5.74, 6) is 0.563. The van der Waals surface area contributed by atoms with Crippen molar-refractivity contribution in [2.24, 2.45) is 5.92 Å². The predicted molar refractivity (Wildman–Crippen MR) is 132 cm³/mol. The van der Waals surface area contributed by atoms with Crippen LogP contribution >= 0.6 is 11.6 Å². The standard InChI is InChI=1S/C25H31ClF3N3O2S/c26-21-6-10-24(11-7-21)35(33,34)30-22-8-4-19(5-9-22)12-13-31-14-16-32(17-15-31)23-3-1-2-20(18-23)25(27,28)29/h1-3,6-7,10-11,18-19,22,30H,4-5,8-9,12-17H2. The Kier molecular flexibility index (Phi) is 8.30. The fraction of sp³-hybridized carbons (Fsp3) is 0.520. The van der Waals surface area contributed by atoms with Crippen LogP contribution in [0.5, 0.6) is 0 Å². The molecule has 2 aliphatic rings. The molecular weight excluding hydrogens is 499 g/mol. The van der Waals surface area contributed by atoms with Crippen molar-refractivity contribution in [1.29, 1.82) is 0 Å². The van der Waals surface area contributed by atoms with Crippen molar-refractivity contribution in [1.82, 2.24) is 9.62 Å². The van der Waals surface area contributed by atoms with Gasteiger partial charge in [0.25, 0.3) is 0 Å². The maximum Gasteiger partial charge on any atom is 0.416 e. The van der Waals surface area contributed by atoms with Crippen LogP contribution in [0, 0.1) is 5.92 Å². The Hall–Kier alpha value is -1.81. The first kappa shape index (κ1) is 26.3. The molecule has 0 radical (unpaired) electrons. The van der Waals surface area contributed by atoms with Gasteiger partial charge in [0.1, 0.15) is 0 Å². The number of nitrogens with zero attached hydrogens (tertiary/aromatic N) is 2. The molecule has 2 fully saturated rings. The first-order valence-electron chi connectivity index (χ1n) is 12.0. The van der Waals surface area contributed by atoms with Gasteiger partial charge in [0.05, 0.1) is 10.5 Å². The number of hydrogen-bond donors (Lipinski definition) is 1. The summed E-state index contributed by atoms with van der Waals surface area (Å²) in [5, 5.41) is 0.501. The molecule has 4 rings (SSSR count). The lowest BCUT2D eigenvalue weighted by molar-refractivity contribution is -0.137. The number of nitrogens with one attached hydrogen (secondary N) is 1. The van der Waals surface area contributed by atoms with E-state index in [1.165, 1.54) is 24.3 Å².